The minimum absolute atomic E-state index is 0.241. The number of hydrogen-bond donors (Lipinski definition) is 0. The molecule has 0 saturated heterocycles. The molecular weight excluding hydrogens is 120 g/mol. The molecule has 0 aliphatic heterocycles. The molecule has 0 amide bonds. The number of ketones is 1. The Kier molecular flexibility index (Phi) is 3.97. The molecule has 0 aromatic rings. The Balaban J connectivity index is 3.32. The molecule has 2 heteroatoms. The van der Waals surface area contributed by atoms with E-state index in [-0.39, 0.29) is 5.92 Å². The lowest BCUT2D eigenvalue weighted by Gasteiger charge is -2.01. The molecule has 8 heavy (non-hydrogen) atoms. The summed E-state index contributed by atoms with van der Waals surface area (Å²) in [6.45, 7) is 3.60. The van der Waals surface area contributed by atoms with Crippen LogP contribution in [0, 0.1) is 5.92 Å². The molecule has 0 aromatic heterocycles. The fourth-order valence-electron chi connectivity index (χ4n) is 0.367. The highest BCUT2D eigenvalue weighted by Gasteiger charge is 2.04. The smallest absolute Gasteiger partial charge is 0.133 e. The van der Waals surface area contributed by atoms with Gasteiger partial charge < -0.3 is 0 Å². The zero-order valence-electron chi connectivity index (χ0n) is 5.60. The van der Waals surface area contributed by atoms with Gasteiger partial charge in [-0.15, -0.1) is 0 Å². The van der Waals surface area contributed by atoms with Crippen LogP contribution in [0.2, 0.25) is 0 Å². The number of carbonyl (C=O) groups is 1. The van der Waals surface area contributed by atoms with E-state index in [4.69, 9.17) is 0 Å². The molecule has 1 atom stereocenters. The van der Waals surface area contributed by atoms with Crippen molar-refractivity contribution in [1.29, 1.82) is 0 Å². The number of carbonyl (C=O) groups excluding carboxylic acids is 1. The van der Waals surface area contributed by atoms with Gasteiger partial charge in [-0.3, -0.25) is 4.79 Å². The molecule has 0 spiro atoms. The normalized spacial score (nSPS) is 13.4. The van der Waals surface area contributed by atoms with Gasteiger partial charge in [0.05, 0.1) is 0 Å². The van der Waals surface area contributed by atoms with Crippen LogP contribution >= 0.6 is 11.8 Å². The van der Waals surface area contributed by atoms with E-state index >= 15 is 0 Å². The first-order valence-electron chi connectivity index (χ1n) is 2.68. The Labute approximate surface area is 54.8 Å². The van der Waals surface area contributed by atoms with E-state index in [9.17, 15) is 4.79 Å². The lowest BCUT2D eigenvalue weighted by atomic mass is 10.1. The summed E-state index contributed by atoms with van der Waals surface area (Å²) in [5, 5.41) is 0. The van der Waals surface area contributed by atoms with Crippen LogP contribution < -0.4 is 0 Å². The minimum atomic E-state index is 0.241. The van der Waals surface area contributed by atoms with Gasteiger partial charge in [-0.25, -0.2) is 0 Å². The van der Waals surface area contributed by atoms with Crippen LogP contribution in [0.1, 0.15) is 13.8 Å². The van der Waals surface area contributed by atoms with Crippen LogP contribution in [-0.4, -0.2) is 17.8 Å². The summed E-state index contributed by atoms with van der Waals surface area (Å²) in [4.78, 5) is 10.5. The molecule has 0 bridgehead atoms. The van der Waals surface area contributed by atoms with Gasteiger partial charge in [0.2, 0.25) is 0 Å². The van der Waals surface area contributed by atoms with E-state index < -0.39 is 0 Å². The molecular formula is C6H12OS. The van der Waals surface area contributed by atoms with Crippen LogP contribution in [-0.2, 0) is 4.79 Å². The van der Waals surface area contributed by atoms with E-state index in [1.807, 2.05) is 13.2 Å². The van der Waals surface area contributed by atoms with Gasteiger partial charge in [-0.1, -0.05) is 6.92 Å². The average molecular weight is 132 g/mol. The molecule has 48 valence electrons. The topological polar surface area (TPSA) is 17.1 Å². The van der Waals surface area contributed by atoms with E-state index in [0.717, 1.165) is 5.75 Å². The molecule has 0 heterocycles. The second-order valence-electron chi connectivity index (χ2n) is 1.97. The average Bonchev–Trinajstić information content (AvgIpc) is 1.67. The van der Waals surface area contributed by atoms with Crippen LogP contribution in [0.25, 0.3) is 0 Å². The molecule has 1 unspecified atom stereocenters. The van der Waals surface area contributed by atoms with E-state index in [0.29, 0.717) is 5.78 Å². The number of rotatable bonds is 3. The van der Waals surface area contributed by atoms with E-state index in [1.165, 1.54) is 0 Å². The Morgan fingerprint density at radius 2 is 2.25 bits per heavy atom. The number of thioether (sulfide) groups is 1. The van der Waals surface area contributed by atoms with Crippen molar-refractivity contribution in [2.45, 2.75) is 13.8 Å². The van der Waals surface area contributed by atoms with E-state index in [1.54, 1.807) is 18.7 Å². The highest BCUT2D eigenvalue weighted by atomic mass is 32.2. The Hall–Kier alpha value is 0.0200. The Bertz CT molecular complexity index is 80.6. The summed E-state index contributed by atoms with van der Waals surface area (Å²) >= 11 is 1.72. The van der Waals surface area contributed by atoms with Crippen molar-refractivity contribution in [3.05, 3.63) is 0 Å². The molecule has 0 aliphatic rings. The van der Waals surface area contributed by atoms with Gasteiger partial charge in [0.1, 0.15) is 5.78 Å². The fourth-order valence-corrected chi connectivity index (χ4v) is 1.10. The van der Waals surface area contributed by atoms with Gasteiger partial charge in [-0.2, -0.15) is 11.8 Å². The van der Waals surface area contributed by atoms with Gasteiger partial charge in [0.15, 0.2) is 0 Å². The highest BCUT2D eigenvalue weighted by Crippen LogP contribution is 2.04. The standard InChI is InChI=1S/C6H12OS/c1-5(4-8-3)6(2)7/h5H,4H2,1-3H3. The molecule has 0 aromatic carbocycles. The zero-order valence-corrected chi connectivity index (χ0v) is 6.42. The molecule has 0 rings (SSSR count). The first kappa shape index (κ1) is 8.02. The fraction of sp³-hybridized carbons (Fsp3) is 0.833. The van der Waals surface area contributed by atoms with Crippen LogP contribution in [0.15, 0.2) is 0 Å². The van der Waals surface area contributed by atoms with Crippen LogP contribution in [0.4, 0.5) is 0 Å². The van der Waals surface area contributed by atoms with Crippen molar-refractivity contribution < 1.29 is 4.79 Å². The third-order valence-corrected chi connectivity index (χ3v) is 1.94. The van der Waals surface area contributed by atoms with Crippen molar-refractivity contribution in [3.63, 3.8) is 0 Å². The monoisotopic (exact) mass is 132 g/mol. The molecule has 0 aliphatic carbocycles. The first-order valence-corrected chi connectivity index (χ1v) is 4.07. The molecule has 1 nitrogen and oxygen atoms in total. The minimum Gasteiger partial charge on any atom is -0.300 e. The maximum Gasteiger partial charge on any atom is 0.133 e. The molecule has 0 N–H and O–H groups in total. The van der Waals surface area contributed by atoms with Crippen LogP contribution in [0.3, 0.4) is 0 Å². The van der Waals surface area contributed by atoms with Gasteiger partial charge in [-0.05, 0) is 13.2 Å². The Morgan fingerprint density at radius 1 is 1.75 bits per heavy atom. The second kappa shape index (κ2) is 3.96. The summed E-state index contributed by atoms with van der Waals surface area (Å²) in [6, 6.07) is 0. The van der Waals surface area contributed by atoms with Crippen LogP contribution in [0.5, 0.6) is 0 Å². The summed E-state index contributed by atoms with van der Waals surface area (Å²) in [5.41, 5.74) is 0. The quantitative estimate of drug-likeness (QED) is 0.580. The predicted molar refractivity (Wildman–Crippen MR) is 38.2 cm³/mol. The summed E-state index contributed by atoms with van der Waals surface area (Å²) < 4.78 is 0. The lowest BCUT2D eigenvalue weighted by Crippen LogP contribution is -2.08. The van der Waals surface area contributed by atoms with Crippen molar-refractivity contribution in [1.82, 2.24) is 0 Å². The second-order valence-corrected chi connectivity index (χ2v) is 2.88. The summed E-state index contributed by atoms with van der Waals surface area (Å²) in [5.74, 6) is 1.49. The van der Waals surface area contributed by atoms with Gasteiger partial charge >= 0.3 is 0 Å². The molecule has 0 radical (unpaired) electrons. The number of hydrogen-bond acceptors (Lipinski definition) is 2. The third kappa shape index (κ3) is 3.08. The zero-order chi connectivity index (χ0) is 6.57. The lowest BCUT2D eigenvalue weighted by molar-refractivity contribution is -0.119. The largest absolute Gasteiger partial charge is 0.300 e. The molecule has 0 saturated carbocycles. The predicted octanol–water partition coefficient (Wildman–Crippen LogP) is 1.57. The van der Waals surface area contributed by atoms with Crippen molar-refractivity contribution in [2.75, 3.05) is 12.0 Å². The highest BCUT2D eigenvalue weighted by molar-refractivity contribution is 7.98. The first-order chi connectivity index (χ1) is 3.68. The van der Waals surface area contributed by atoms with E-state index in [2.05, 4.69) is 0 Å². The van der Waals surface area contributed by atoms with Gasteiger partial charge in [0, 0.05) is 11.7 Å². The molecule has 0 fully saturated rings. The Morgan fingerprint density at radius 3 is 2.38 bits per heavy atom. The number of Topliss-reactive ketones (excluding diaryl/α,β-unsaturated/α-hetero) is 1. The maximum atomic E-state index is 10.5. The summed E-state index contributed by atoms with van der Waals surface area (Å²) in [6.07, 6.45) is 2.01. The van der Waals surface area contributed by atoms with Crippen molar-refractivity contribution >= 4 is 17.5 Å². The third-order valence-electron chi connectivity index (χ3n) is 1.11. The van der Waals surface area contributed by atoms with Crippen molar-refractivity contribution in [2.24, 2.45) is 5.92 Å². The van der Waals surface area contributed by atoms with Crippen molar-refractivity contribution in [3.8, 4) is 0 Å². The maximum absolute atomic E-state index is 10.5. The summed E-state index contributed by atoms with van der Waals surface area (Å²) in [7, 11) is 0. The van der Waals surface area contributed by atoms with Gasteiger partial charge in [0.25, 0.3) is 0 Å². The SMILES string of the molecule is CSCC(C)C(C)=O.